The minimum absolute atomic E-state index is 0.307. The largest absolute Gasteiger partial charge is 0.481 e. The number of rotatable bonds is 6. The van der Waals surface area contributed by atoms with E-state index in [1.807, 2.05) is 31.2 Å². The van der Waals surface area contributed by atoms with E-state index in [0.717, 1.165) is 56.5 Å². The maximum Gasteiger partial charge on any atom is 0.150 e. The smallest absolute Gasteiger partial charge is 0.150 e. The van der Waals surface area contributed by atoms with Crippen LogP contribution in [0, 0.1) is 19.3 Å². The van der Waals surface area contributed by atoms with Crippen molar-refractivity contribution in [3.8, 4) is 18.1 Å². The lowest BCUT2D eigenvalue weighted by molar-refractivity contribution is 0.113. The Morgan fingerprint density at radius 3 is 2.54 bits per heavy atom. The molecule has 0 atom stereocenters. The average molecular weight is 325 g/mol. The van der Waals surface area contributed by atoms with Crippen LogP contribution in [0.15, 0.2) is 34.9 Å². The lowest BCUT2D eigenvalue weighted by atomic mass is 10.1. The molecule has 2 heterocycles. The highest BCUT2D eigenvalue weighted by Crippen LogP contribution is 2.21. The van der Waals surface area contributed by atoms with Gasteiger partial charge in [-0.3, -0.25) is 9.80 Å². The predicted octanol–water partition coefficient (Wildman–Crippen LogP) is 2.31. The van der Waals surface area contributed by atoms with Crippen molar-refractivity contribution < 1.29 is 9.26 Å². The Morgan fingerprint density at radius 1 is 1.17 bits per heavy atom. The molecule has 1 fully saturated rings. The molecule has 5 nitrogen and oxygen atoms in total. The van der Waals surface area contributed by atoms with Crippen molar-refractivity contribution in [2.24, 2.45) is 0 Å². The summed E-state index contributed by atoms with van der Waals surface area (Å²) >= 11 is 0. The first-order valence-corrected chi connectivity index (χ1v) is 8.25. The van der Waals surface area contributed by atoms with E-state index >= 15 is 0 Å². The average Bonchev–Trinajstić information content (AvgIpc) is 3.01. The molecule has 0 amide bonds. The van der Waals surface area contributed by atoms with E-state index in [-0.39, 0.29) is 0 Å². The van der Waals surface area contributed by atoms with Crippen LogP contribution in [-0.4, -0.2) is 47.7 Å². The normalized spacial score (nSPS) is 16.0. The van der Waals surface area contributed by atoms with Crippen LogP contribution in [0.25, 0.3) is 0 Å². The third-order valence-corrected chi connectivity index (χ3v) is 4.20. The number of ether oxygens (including phenoxy) is 1. The molecule has 0 spiro atoms. The maximum atomic E-state index is 5.64. The summed E-state index contributed by atoms with van der Waals surface area (Å²) in [4.78, 5) is 4.84. The number of para-hydroxylation sites is 1. The second kappa shape index (κ2) is 8.00. The van der Waals surface area contributed by atoms with Crippen LogP contribution >= 0.6 is 0 Å². The van der Waals surface area contributed by atoms with E-state index in [0.29, 0.717) is 6.61 Å². The molecule has 1 aliphatic rings. The molecule has 1 aromatic carbocycles. The topological polar surface area (TPSA) is 41.7 Å². The van der Waals surface area contributed by atoms with Gasteiger partial charge in [0.15, 0.2) is 5.76 Å². The molecule has 126 valence electrons. The number of nitrogens with zero attached hydrogens (tertiary/aromatic N) is 3. The lowest BCUT2D eigenvalue weighted by Crippen LogP contribution is -2.45. The summed E-state index contributed by atoms with van der Waals surface area (Å²) in [5, 5.41) is 3.95. The van der Waals surface area contributed by atoms with E-state index in [9.17, 15) is 0 Å². The highest BCUT2D eigenvalue weighted by molar-refractivity contribution is 5.33. The van der Waals surface area contributed by atoms with Crippen LogP contribution in [0.1, 0.15) is 17.0 Å². The van der Waals surface area contributed by atoms with Crippen molar-refractivity contribution in [3.63, 3.8) is 0 Å². The van der Waals surface area contributed by atoms with Crippen molar-refractivity contribution in [1.82, 2.24) is 15.0 Å². The third kappa shape index (κ3) is 4.38. The van der Waals surface area contributed by atoms with E-state index < -0.39 is 0 Å². The summed E-state index contributed by atoms with van der Waals surface area (Å²) in [5.41, 5.74) is 2.12. The van der Waals surface area contributed by atoms with Crippen LogP contribution in [-0.2, 0) is 13.1 Å². The number of hydrogen-bond donors (Lipinski definition) is 0. The molecular weight excluding hydrogens is 302 g/mol. The van der Waals surface area contributed by atoms with Gasteiger partial charge in [-0.2, -0.15) is 0 Å². The van der Waals surface area contributed by atoms with Crippen LogP contribution in [0.3, 0.4) is 0 Å². The lowest BCUT2D eigenvalue weighted by Gasteiger charge is -2.34. The summed E-state index contributed by atoms with van der Waals surface area (Å²) in [5.74, 6) is 4.34. The SMILES string of the molecule is C#CCOc1ccccc1CN1CCN(Cc2cc(C)no2)CC1. The molecule has 1 aliphatic heterocycles. The predicted molar refractivity (Wildman–Crippen MR) is 92.6 cm³/mol. The van der Waals surface area contributed by atoms with Crippen LogP contribution in [0.2, 0.25) is 0 Å². The zero-order chi connectivity index (χ0) is 16.8. The molecule has 0 unspecified atom stereocenters. The van der Waals surface area contributed by atoms with Crippen LogP contribution < -0.4 is 4.74 Å². The minimum Gasteiger partial charge on any atom is -0.481 e. The van der Waals surface area contributed by atoms with Crippen molar-refractivity contribution >= 4 is 0 Å². The van der Waals surface area contributed by atoms with Crippen molar-refractivity contribution in [2.75, 3.05) is 32.8 Å². The number of benzene rings is 1. The summed E-state index contributed by atoms with van der Waals surface area (Å²) in [6, 6.07) is 10.1. The fourth-order valence-corrected chi connectivity index (χ4v) is 2.95. The first kappa shape index (κ1) is 16.6. The van der Waals surface area contributed by atoms with E-state index in [1.165, 1.54) is 5.56 Å². The Kier molecular flexibility index (Phi) is 5.52. The van der Waals surface area contributed by atoms with Gasteiger partial charge in [0.25, 0.3) is 0 Å². The molecule has 0 bridgehead atoms. The van der Waals surface area contributed by atoms with Gasteiger partial charge in [0, 0.05) is 44.4 Å². The van der Waals surface area contributed by atoms with Gasteiger partial charge in [0.1, 0.15) is 12.4 Å². The second-order valence-corrected chi connectivity index (χ2v) is 6.09. The van der Waals surface area contributed by atoms with Crippen molar-refractivity contribution in [2.45, 2.75) is 20.0 Å². The van der Waals surface area contributed by atoms with Gasteiger partial charge in [-0.1, -0.05) is 29.3 Å². The molecule has 24 heavy (non-hydrogen) atoms. The first-order valence-electron chi connectivity index (χ1n) is 8.25. The Labute approximate surface area is 143 Å². The van der Waals surface area contributed by atoms with Gasteiger partial charge >= 0.3 is 0 Å². The number of aryl methyl sites for hydroxylation is 1. The molecule has 3 rings (SSSR count). The Hall–Kier alpha value is -2.29. The summed E-state index contributed by atoms with van der Waals surface area (Å²) in [6.07, 6.45) is 5.29. The second-order valence-electron chi connectivity index (χ2n) is 6.09. The number of terminal acetylenes is 1. The first-order chi connectivity index (χ1) is 11.7. The number of piperazine rings is 1. The van der Waals surface area contributed by atoms with Crippen molar-refractivity contribution in [3.05, 3.63) is 47.3 Å². The summed E-state index contributed by atoms with van der Waals surface area (Å²) < 4.78 is 10.9. The molecule has 0 saturated carbocycles. The number of aromatic nitrogens is 1. The van der Waals surface area contributed by atoms with Gasteiger partial charge in [-0.15, -0.1) is 6.42 Å². The molecule has 0 N–H and O–H groups in total. The summed E-state index contributed by atoms with van der Waals surface area (Å²) in [6.45, 7) is 8.06. The minimum atomic E-state index is 0.307. The van der Waals surface area contributed by atoms with Gasteiger partial charge < -0.3 is 9.26 Å². The fourth-order valence-electron chi connectivity index (χ4n) is 2.95. The van der Waals surface area contributed by atoms with Crippen LogP contribution in [0.5, 0.6) is 5.75 Å². The molecule has 1 saturated heterocycles. The van der Waals surface area contributed by atoms with Gasteiger partial charge in [-0.25, -0.2) is 0 Å². The molecule has 0 radical (unpaired) electrons. The molecule has 2 aromatic rings. The molecule has 5 heteroatoms. The van der Waals surface area contributed by atoms with Gasteiger partial charge in [0.2, 0.25) is 0 Å². The summed E-state index contributed by atoms with van der Waals surface area (Å²) in [7, 11) is 0. The molecule has 1 aromatic heterocycles. The number of hydrogen-bond acceptors (Lipinski definition) is 5. The van der Waals surface area contributed by atoms with Crippen molar-refractivity contribution in [1.29, 1.82) is 0 Å². The highest BCUT2D eigenvalue weighted by atomic mass is 16.5. The molecule has 0 aliphatic carbocycles. The zero-order valence-electron chi connectivity index (χ0n) is 14.1. The molecular formula is C19H23N3O2. The monoisotopic (exact) mass is 325 g/mol. The quantitative estimate of drug-likeness (QED) is 0.763. The third-order valence-electron chi connectivity index (χ3n) is 4.20. The van der Waals surface area contributed by atoms with Crippen LogP contribution in [0.4, 0.5) is 0 Å². The zero-order valence-corrected chi connectivity index (χ0v) is 14.1. The standard InChI is InChI=1S/C19H23N3O2/c1-3-12-23-19-7-5-4-6-17(19)14-21-8-10-22(11-9-21)15-18-13-16(2)20-24-18/h1,4-7,13H,8-12,14-15H2,2H3. The fraction of sp³-hybridized carbons (Fsp3) is 0.421. The Balaban J connectivity index is 1.51. The maximum absolute atomic E-state index is 5.64. The highest BCUT2D eigenvalue weighted by Gasteiger charge is 2.19. The van der Waals surface area contributed by atoms with E-state index in [2.05, 4.69) is 26.9 Å². The van der Waals surface area contributed by atoms with E-state index in [1.54, 1.807) is 0 Å². The van der Waals surface area contributed by atoms with Gasteiger partial charge in [-0.05, 0) is 13.0 Å². The van der Waals surface area contributed by atoms with E-state index in [4.69, 9.17) is 15.7 Å². The Morgan fingerprint density at radius 2 is 1.88 bits per heavy atom. The Bertz CT molecular complexity index is 697. The van der Waals surface area contributed by atoms with Gasteiger partial charge in [0.05, 0.1) is 12.2 Å².